The van der Waals surface area contributed by atoms with E-state index in [0.717, 1.165) is 25.0 Å². The fourth-order valence-corrected chi connectivity index (χ4v) is 2.74. The zero-order valence-corrected chi connectivity index (χ0v) is 11.9. The summed E-state index contributed by atoms with van der Waals surface area (Å²) < 4.78 is 38.1. The highest BCUT2D eigenvalue weighted by Crippen LogP contribution is 2.34. The highest BCUT2D eigenvalue weighted by Gasteiger charge is 2.32. The van der Waals surface area contributed by atoms with E-state index < -0.39 is 11.7 Å². The molecule has 0 spiro atoms. The molecule has 1 fully saturated rings. The number of piperidine rings is 1. The average Bonchev–Trinajstić information content (AvgIpc) is 2.46. The van der Waals surface area contributed by atoms with Crippen molar-refractivity contribution in [3.8, 4) is 6.07 Å². The summed E-state index contributed by atoms with van der Waals surface area (Å²) >= 11 is 0. The van der Waals surface area contributed by atoms with E-state index in [2.05, 4.69) is 0 Å². The number of amides is 1. The Labute approximate surface area is 126 Å². The number of hydrogen-bond donors (Lipinski definition) is 1. The predicted octanol–water partition coefficient (Wildman–Crippen LogP) is 2.67. The molecule has 1 aliphatic rings. The SMILES string of the molecule is N#Cc1cc(C(F)(F)F)ccc1N1CCC(CC(N)=O)CC1. The number of rotatable bonds is 3. The monoisotopic (exact) mass is 311 g/mol. The number of anilines is 1. The molecule has 7 heteroatoms. The lowest BCUT2D eigenvalue weighted by Crippen LogP contribution is -2.35. The van der Waals surface area contributed by atoms with Gasteiger partial charge >= 0.3 is 6.18 Å². The molecule has 0 bridgehead atoms. The maximum absolute atomic E-state index is 12.7. The highest BCUT2D eigenvalue weighted by molar-refractivity contribution is 5.74. The van der Waals surface area contributed by atoms with Gasteiger partial charge in [-0.25, -0.2) is 0 Å². The van der Waals surface area contributed by atoms with Crippen LogP contribution in [0.4, 0.5) is 18.9 Å². The van der Waals surface area contributed by atoms with Gasteiger partial charge in [-0.2, -0.15) is 18.4 Å². The molecule has 0 atom stereocenters. The van der Waals surface area contributed by atoms with E-state index in [-0.39, 0.29) is 17.4 Å². The van der Waals surface area contributed by atoms with Crippen LogP contribution in [0.2, 0.25) is 0 Å². The second kappa shape index (κ2) is 6.26. The van der Waals surface area contributed by atoms with Gasteiger partial charge in [-0.05, 0) is 37.0 Å². The molecule has 2 rings (SSSR count). The van der Waals surface area contributed by atoms with Gasteiger partial charge in [0.1, 0.15) is 6.07 Å². The molecular weight excluding hydrogens is 295 g/mol. The molecule has 118 valence electrons. The molecule has 0 aromatic heterocycles. The Bertz CT molecular complexity index is 599. The second-order valence-electron chi connectivity index (χ2n) is 5.44. The number of benzene rings is 1. The van der Waals surface area contributed by atoms with Crippen molar-refractivity contribution in [1.82, 2.24) is 0 Å². The highest BCUT2D eigenvalue weighted by atomic mass is 19.4. The van der Waals surface area contributed by atoms with Crippen LogP contribution in [-0.4, -0.2) is 19.0 Å². The minimum atomic E-state index is -4.46. The fraction of sp³-hybridized carbons (Fsp3) is 0.467. The van der Waals surface area contributed by atoms with Crippen molar-refractivity contribution >= 4 is 11.6 Å². The minimum Gasteiger partial charge on any atom is -0.370 e. The van der Waals surface area contributed by atoms with Gasteiger partial charge in [0, 0.05) is 19.5 Å². The van der Waals surface area contributed by atoms with E-state index in [9.17, 15) is 18.0 Å². The molecule has 4 nitrogen and oxygen atoms in total. The van der Waals surface area contributed by atoms with Gasteiger partial charge in [-0.1, -0.05) is 0 Å². The number of hydrogen-bond acceptors (Lipinski definition) is 3. The normalized spacial score (nSPS) is 16.4. The summed E-state index contributed by atoms with van der Waals surface area (Å²) in [6, 6.07) is 5.05. The van der Waals surface area contributed by atoms with E-state index >= 15 is 0 Å². The van der Waals surface area contributed by atoms with Crippen LogP contribution in [0.3, 0.4) is 0 Å². The van der Waals surface area contributed by atoms with E-state index in [0.29, 0.717) is 25.2 Å². The lowest BCUT2D eigenvalue weighted by atomic mass is 9.92. The second-order valence-corrected chi connectivity index (χ2v) is 5.44. The number of alkyl halides is 3. The molecule has 0 radical (unpaired) electrons. The van der Waals surface area contributed by atoms with Crippen molar-refractivity contribution in [2.45, 2.75) is 25.4 Å². The summed E-state index contributed by atoms with van der Waals surface area (Å²) in [6.45, 7) is 1.19. The first-order chi connectivity index (χ1) is 10.3. The van der Waals surface area contributed by atoms with Crippen LogP contribution in [-0.2, 0) is 11.0 Å². The lowest BCUT2D eigenvalue weighted by molar-refractivity contribution is -0.137. The summed E-state index contributed by atoms with van der Waals surface area (Å²) in [4.78, 5) is 12.8. The molecule has 0 unspecified atom stereocenters. The number of carbonyl (C=O) groups excluding carboxylic acids is 1. The van der Waals surface area contributed by atoms with Crippen LogP contribution < -0.4 is 10.6 Å². The Morgan fingerprint density at radius 3 is 2.50 bits per heavy atom. The number of primary amides is 1. The van der Waals surface area contributed by atoms with Crippen LogP contribution in [0.15, 0.2) is 18.2 Å². The Balaban J connectivity index is 2.14. The van der Waals surface area contributed by atoms with Gasteiger partial charge in [-0.3, -0.25) is 4.79 Å². The number of carbonyl (C=O) groups is 1. The van der Waals surface area contributed by atoms with Gasteiger partial charge in [-0.15, -0.1) is 0 Å². The van der Waals surface area contributed by atoms with E-state index in [1.165, 1.54) is 6.07 Å². The minimum absolute atomic E-state index is 0.0168. The van der Waals surface area contributed by atoms with Crippen LogP contribution in [0.1, 0.15) is 30.4 Å². The molecule has 1 heterocycles. The van der Waals surface area contributed by atoms with Crippen LogP contribution >= 0.6 is 0 Å². The Morgan fingerprint density at radius 1 is 1.36 bits per heavy atom. The van der Waals surface area contributed by atoms with Gasteiger partial charge in [0.15, 0.2) is 0 Å². The molecule has 22 heavy (non-hydrogen) atoms. The van der Waals surface area contributed by atoms with Gasteiger partial charge in [0.25, 0.3) is 0 Å². The van der Waals surface area contributed by atoms with E-state index in [4.69, 9.17) is 11.0 Å². The Kier molecular flexibility index (Phi) is 4.59. The zero-order chi connectivity index (χ0) is 16.3. The summed E-state index contributed by atoms with van der Waals surface area (Å²) in [6.07, 6.45) is -2.67. The summed E-state index contributed by atoms with van der Waals surface area (Å²) in [5.41, 5.74) is 4.87. The first-order valence-corrected chi connectivity index (χ1v) is 6.96. The van der Waals surface area contributed by atoms with Gasteiger partial charge in [0.2, 0.25) is 5.91 Å². The number of halogens is 3. The summed E-state index contributed by atoms with van der Waals surface area (Å²) in [5.74, 6) is -0.139. The molecule has 1 amide bonds. The number of nitrogens with zero attached hydrogens (tertiary/aromatic N) is 2. The summed E-state index contributed by atoms with van der Waals surface area (Å²) in [5, 5.41) is 9.10. The molecule has 0 saturated carbocycles. The third kappa shape index (κ3) is 3.70. The maximum atomic E-state index is 12.7. The van der Waals surface area contributed by atoms with Gasteiger partial charge < -0.3 is 10.6 Å². The molecule has 0 aliphatic carbocycles. The maximum Gasteiger partial charge on any atom is 0.416 e. The molecule has 1 aromatic carbocycles. The smallest absolute Gasteiger partial charge is 0.370 e. The van der Waals surface area contributed by atoms with Crippen molar-refractivity contribution in [2.24, 2.45) is 11.7 Å². The quantitative estimate of drug-likeness (QED) is 0.933. The first kappa shape index (κ1) is 16.1. The summed E-state index contributed by atoms with van der Waals surface area (Å²) in [7, 11) is 0. The average molecular weight is 311 g/mol. The van der Waals surface area contributed by atoms with Crippen molar-refractivity contribution in [2.75, 3.05) is 18.0 Å². The van der Waals surface area contributed by atoms with Crippen LogP contribution in [0.25, 0.3) is 0 Å². The number of nitrogens with two attached hydrogens (primary N) is 1. The van der Waals surface area contributed by atoms with E-state index in [1.54, 1.807) is 0 Å². The van der Waals surface area contributed by atoms with Crippen molar-refractivity contribution in [3.63, 3.8) is 0 Å². The first-order valence-electron chi connectivity index (χ1n) is 6.96. The van der Waals surface area contributed by atoms with Crippen molar-refractivity contribution in [3.05, 3.63) is 29.3 Å². The third-order valence-corrected chi connectivity index (χ3v) is 3.89. The largest absolute Gasteiger partial charge is 0.416 e. The zero-order valence-electron chi connectivity index (χ0n) is 11.9. The fourth-order valence-electron chi connectivity index (χ4n) is 2.74. The Morgan fingerprint density at radius 2 is 2.00 bits per heavy atom. The standard InChI is InChI=1S/C15H16F3N3O/c16-15(17,18)12-1-2-13(11(8-12)9-19)21-5-3-10(4-6-21)7-14(20)22/h1-2,8,10H,3-7H2,(H2,20,22). The van der Waals surface area contributed by atoms with E-state index in [1.807, 2.05) is 11.0 Å². The molecule has 2 N–H and O–H groups in total. The molecule has 1 aliphatic heterocycles. The van der Waals surface area contributed by atoms with Crippen LogP contribution in [0, 0.1) is 17.2 Å². The Hall–Kier alpha value is -2.23. The molecule has 1 aromatic rings. The topological polar surface area (TPSA) is 70.1 Å². The van der Waals surface area contributed by atoms with Gasteiger partial charge in [0.05, 0.1) is 16.8 Å². The lowest BCUT2D eigenvalue weighted by Gasteiger charge is -2.33. The van der Waals surface area contributed by atoms with Crippen LogP contribution in [0.5, 0.6) is 0 Å². The van der Waals surface area contributed by atoms with Crippen molar-refractivity contribution in [1.29, 1.82) is 5.26 Å². The predicted molar refractivity (Wildman–Crippen MR) is 74.9 cm³/mol. The third-order valence-electron chi connectivity index (χ3n) is 3.89. The molecule has 1 saturated heterocycles. The number of nitriles is 1. The molecular formula is C15H16F3N3O. The van der Waals surface area contributed by atoms with Crippen molar-refractivity contribution < 1.29 is 18.0 Å².